The second kappa shape index (κ2) is 7.41. The number of nitrogens with zero attached hydrogens (tertiary/aromatic N) is 3. The summed E-state index contributed by atoms with van der Waals surface area (Å²) in [5.74, 6) is 0.0914. The van der Waals surface area contributed by atoms with Crippen LogP contribution in [0.1, 0.15) is 37.6 Å². The van der Waals surface area contributed by atoms with Crippen LogP contribution < -0.4 is 5.32 Å². The number of likely N-dealkylation sites (tertiary alicyclic amines) is 1. The number of carbonyl (C=O) groups excluding carboxylic acids is 1. The quantitative estimate of drug-likeness (QED) is 0.871. The maximum atomic E-state index is 12.7. The van der Waals surface area contributed by atoms with Gasteiger partial charge in [-0.2, -0.15) is 0 Å². The third-order valence-corrected chi connectivity index (χ3v) is 4.20. The van der Waals surface area contributed by atoms with E-state index in [1.54, 1.807) is 12.4 Å². The van der Waals surface area contributed by atoms with Crippen molar-refractivity contribution in [2.45, 2.75) is 33.2 Å². The molecule has 5 nitrogen and oxygen atoms in total. The van der Waals surface area contributed by atoms with Gasteiger partial charge in [0, 0.05) is 38.1 Å². The van der Waals surface area contributed by atoms with E-state index >= 15 is 0 Å². The van der Waals surface area contributed by atoms with E-state index in [4.69, 9.17) is 0 Å². The molecule has 0 spiro atoms. The number of hydrogen-bond donors (Lipinski definition) is 1. The van der Waals surface area contributed by atoms with Crippen LogP contribution in [0.2, 0.25) is 0 Å². The second-order valence-electron chi connectivity index (χ2n) is 5.37. The fourth-order valence-corrected chi connectivity index (χ4v) is 3.04. The highest BCUT2D eigenvalue weighted by Gasteiger charge is 2.30. The van der Waals surface area contributed by atoms with E-state index in [0.717, 1.165) is 44.8 Å². The van der Waals surface area contributed by atoms with Gasteiger partial charge in [-0.1, -0.05) is 13.8 Å². The van der Waals surface area contributed by atoms with Crippen LogP contribution in [-0.4, -0.2) is 59.5 Å². The maximum absolute atomic E-state index is 12.7. The smallest absolute Gasteiger partial charge is 0.257 e. The molecule has 1 aliphatic rings. The zero-order valence-electron chi connectivity index (χ0n) is 13.3. The summed E-state index contributed by atoms with van der Waals surface area (Å²) in [6.45, 7) is 10.9. The van der Waals surface area contributed by atoms with Crippen molar-refractivity contribution in [2.24, 2.45) is 0 Å². The first kappa shape index (κ1) is 15.8. The summed E-state index contributed by atoms with van der Waals surface area (Å²) >= 11 is 0. The van der Waals surface area contributed by atoms with E-state index in [1.165, 1.54) is 0 Å². The van der Waals surface area contributed by atoms with E-state index in [0.29, 0.717) is 11.6 Å². The second-order valence-corrected chi connectivity index (χ2v) is 5.37. The van der Waals surface area contributed by atoms with Crippen molar-refractivity contribution in [1.29, 1.82) is 0 Å². The van der Waals surface area contributed by atoms with Gasteiger partial charge in [0.15, 0.2) is 0 Å². The highest BCUT2D eigenvalue weighted by Crippen LogP contribution is 2.21. The van der Waals surface area contributed by atoms with E-state index in [-0.39, 0.29) is 5.91 Å². The van der Waals surface area contributed by atoms with Gasteiger partial charge in [0.25, 0.3) is 5.91 Å². The molecule has 0 aliphatic carbocycles. The number of rotatable bonds is 6. The molecule has 0 radical (unpaired) electrons. The van der Waals surface area contributed by atoms with E-state index in [2.05, 4.69) is 29.0 Å². The lowest BCUT2D eigenvalue weighted by atomic mass is 10.2. The predicted octanol–water partition coefficient (Wildman–Crippen LogP) is 2.07. The van der Waals surface area contributed by atoms with Crippen molar-refractivity contribution in [3.8, 4) is 0 Å². The molecule has 1 fully saturated rings. The van der Waals surface area contributed by atoms with Gasteiger partial charge in [-0.25, -0.2) is 0 Å². The Bertz CT molecular complexity index is 473. The van der Waals surface area contributed by atoms with Gasteiger partial charge in [0.05, 0.1) is 11.3 Å². The van der Waals surface area contributed by atoms with Crippen molar-refractivity contribution in [3.05, 3.63) is 24.0 Å². The molecule has 1 amide bonds. The molecule has 5 heteroatoms. The molecule has 1 saturated heterocycles. The zero-order chi connectivity index (χ0) is 15.2. The molecule has 2 rings (SSSR count). The first-order valence-corrected chi connectivity index (χ1v) is 7.92. The average Bonchev–Trinajstić information content (AvgIpc) is 2.98. The summed E-state index contributed by atoms with van der Waals surface area (Å²) in [7, 11) is 0. The standard InChI is InChI=1S/C16H26N4O/c1-4-18-15-7-9-17-11-14(15)16(21)20-10-8-13(12-20)19(5-2)6-3/h7,9,11,13H,4-6,8,10,12H2,1-3H3,(H,17,18). The third-order valence-electron chi connectivity index (χ3n) is 4.20. The Morgan fingerprint density at radius 2 is 2.19 bits per heavy atom. The molecule has 1 aromatic heterocycles. The van der Waals surface area contributed by atoms with E-state index in [9.17, 15) is 4.79 Å². The molecule has 0 saturated carbocycles. The number of nitrogens with one attached hydrogen (secondary N) is 1. The van der Waals surface area contributed by atoms with E-state index < -0.39 is 0 Å². The van der Waals surface area contributed by atoms with Crippen molar-refractivity contribution < 1.29 is 4.79 Å². The van der Waals surface area contributed by atoms with Crippen molar-refractivity contribution >= 4 is 11.6 Å². The Kier molecular flexibility index (Phi) is 5.56. The van der Waals surface area contributed by atoms with Crippen molar-refractivity contribution in [1.82, 2.24) is 14.8 Å². The highest BCUT2D eigenvalue weighted by molar-refractivity contribution is 5.99. The monoisotopic (exact) mass is 290 g/mol. The lowest BCUT2D eigenvalue weighted by Gasteiger charge is -2.26. The van der Waals surface area contributed by atoms with Gasteiger partial charge in [0.2, 0.25) is 0 Å². The number of carbonyl (C=O) groups is 1. The van der Waals surface area contributed by atoms with Crippen LogP contribution in [0.4, 0.5) is 5.69 Å². The van der Waals surface area contributed by atoms with Crippen LogP contribution >= 0.6 is 0 Å². The largest absolute Gasteiger partial charge is 0.385 e. The minimum atomic E-state index is 0.0914. The Morgan fingerprint density at radius 1 is 1.43 bits per heavy atom. The third kappa shape index (κ3) is 3.53. The maximum Gasteiger partial charge on any atom is 0.257 e. The first-order valence-electron chi connectivity index (χ1n) is 7.92. The summed E-state index contributed by atoms with van der Waals surface area (Å²) in [6, 6.07) is 2.36. The number of pyridine rings is 1. The van der Waals surface area contributed by atoms with Gasteiger partial charge in [-0.05, 0) is 32.5 Å². The van der Waals surface area contributed by atoms with Crippen LogP contribution in [0, 0.1) is 0 Å². The molecule has 1 unspecified atom stereocenters. The van der Waals surface area contributed by atoms with E-state index in [1.807, 2.05) is 17.9 Å². The topological polar surface area (TPSA) is 48.5 Å². The minimum Gasteiger partial charge on any atom is -0.385 e. The summed E-state index contributed by atoms with van der Waals surface area (Å²) in [5.41, 5.74) is 1.56. The van der Waals surface area contributed by atoms with Gasteiger partial charge in [-0.3, -0.25) is 14.7 Å². The summed E-state index contributed by atoms with van der Waals surface area (Å²) < 4.78 is 0. The fourth-order valence-electron chi connectivity index (χ4n) is 3.04. The van der Waals surface area contributed by atoms with Crippen LogP contribution in [0.25, 0.3) is 0 Å². The SMILES string of the molecule is CCNc1ccncc1C(=O)N1CCC(N(CC)CC)C1. The Hall–Kier alpha value is -1.62. The molecule has 0 aromatic carbocycles. The number of likely N-dealkylation sites (N-methyl/N-ethyl adjacent to an activating group) is 1. The summed E-state index contributed by atoms with van der Waals surface area (Å²) in [4.78, 5) is 21.2. The predicted molar refractivity (Wildman–Crippen MR) is 85.6 cm³/mol. The average molecular weight is 290 g/mol. The highest BCUT2D eigenvalue weighted by atomic mass is 16.2. The molecule has 21 heavy (non-hydrogen) atoms. The number of aromatic nitrogens is 1. The molecule has 116 valence electrons. The molecule has 1 aliphatic heterocycles. The summed E-state index contributed by atoms with van der Waals surface area (Å²) in [6.07, 6.45) is 4.45. The Labute approximate surface area is 127 Å². The normalized spacial score (nSPS) is 18.3. The van der Waals surface area contributed by atoms with Crippen LogP contribution in [0.3, 0.4) is 0 Å². The van der Waals surface area contributed by atoms with Crippen molar-refractivity contribution in [3.63, 3.8) is 0 Å². The van der Waals surface area contributed by atoms with Gasteiger partial charge in [0.1, 0.15) is 0 Å². The number of amides is 1. The Balaban J connectivity index is 2.08. The van der Waals surface area contributed by atoms with Gasteiger partial charge < -0.3 is 10.2 Å². The zero-order valence-corrected chi connectivity index (χ0v) is 13.3. The molecule has 1 aromatic rings. The molecule has 1 N–H and O–H groups in total. The molecular weight excluding hydrogens is 264 g/mol. The summed E-state index contributed by atoms with van der Waals surface area (Å²) in [5, 5.41) is 3.24. The van der Waals surface area contributed by atoms with Gasteiger partial charge >= 0.3 is 0 Å². The van der Waals surface area contributed by atoms with Gasteiger partial charge in [-0.15, -0.1) is 0 Å². The Morgan fingerprint density at radius 3 is 2.86 bits per heavy atom. The molecular formula is C16H26N4O. The molecule has 1 atom stereocenters. The van der Waals surface area contributed by atoms with Crippen LogP contribution in [0.5, 0.6) is 0 Å². The number of anilines is 1. The molecule has 2 heterocycles. The first-order chi connectivity index (χ1) is 10.2. The van der Waals surface area contributed by atoms with Crippen molar-refractivity contribution in [2.75, 3.05) is 38.0 Å². The molecule has 0 bridgehead atoms. The lowest BCUT2D eigenvalue weighted by molar-refractivity contribution is 0.0778. The minimum absolute atomic E-state index is 0.0914. The van der Waals surface area contributed by atoms with Crippen LogP contribution in [0.15, 0.2) is 18.5 Å². The number of hydrogen-bond acceptors (Lipinski definition) is 4. The lowest BCUT2D eigenvalue weighted by Crippen LogP contribution is -2.38. The fraction of sp³-hybridized carbons (Fsp3) is 0.625. The van der Waals surface area contributed by atoms with Crippen LogP contribution in [-0.2, 0) is 0 Å².